The van der Waals surface area contributed by atoms with Gasteiger partial charge < -0.3 is 9.05 Å². The summed E-state index contributed by atoms with van der Waals surface area (Å²) in [5.41, 5.74) is 2.12. The van der Waals surface area contributed by atoms with Crippen LogP contribution in [0.1, 0.15) is 28.5 Å². The van der Waals surface area contributed by atoms with E-state index < -0.39 is 10.0 Å². The fourth-order valence-corrected chi connectivity index (χ4v) is 2.96. The van der Waals surface area contributed by atoms with E-state index in [4.69, 9.17) is 9.05 Å². The Kier molecular flexibility index (Phi) is 4.24. The molecule has 0 unspecified atom stereocenters. The maximum absolute atomic E-state index is 11.9. The first-order valence-corrected chi connectivity index (χ1v) is 7.84. The molecule has 2 aromatic rings. The topological polar surface area (TPSA) is 98.2 Å². The molecule has 1 N–H and O–H groups in total. The van der Waals surface area contributed by atoms with Gasteiger partial charge in [0.2, 0.25) is 10.0 Å². The van der Waals surface area contributed by atoms with Gasteiger partial charge in [0.1, 0.15) is 23.0 Å². The van der Waals surface area contributed by atoms with Crippen molar-refractivity contribution in [2.75, 3.05) is 6.54 Å². The maximum atomic E-state index is 11.9. The van der Waals surface area contributed by atoms with E-state index in [9.17, 15) is 8.42 Å². The van der Waals surface area contributed by atoms with Crippen LogP contribution in [-0.2, 0) is 22.2 Å². The van der Waals surface area contributed by atoms with E-state index in [1.54, 1.807) is 13.0 Å². The van der Waals surface area contributed by atoms with Crippen molar-refractivity contribution in [1.82, 2.24) is 15.0 Å². The maximum Gasteiger partial charge on any atom is 0.217 e. The third kappa shape index (κ3) is 3.67. The smallest absolute Gasteiger partial charge is 0.217 e. The minimum Gasteiger partial charge on any atom is -0.361 e. The molecule has 0 spiro atoms. The first kappa shape index (κ1) is 14.7. The van der Waals surface area contributed by atoms with Crippen molar-refractivity contribution in [1.29, 1.82) is 0 Å². The highest BCUT2D eigenvalue weighted by molar-refractivity contribution is 7.88. The van der Waals surface area contributed by atoms with Crippen LogP contribution in [-0.4, -0.2) is 25.3 Å². The summed E-state index contributed by atoms with van der Waals surface area (Å²) in [6, 6.07) is 1.60. The molecule has 0 radical (unpaired) electrons. The van der Waals surface area contributed by atoms with Crippen LogP contribution in [0.5, 0.6) is 0 Å². The predicted octanol–water partition coefficient (Wildman–Crippen LogP) is 1.25. The highest BCUT2D eigenvalue weighted by Crippen LogP contribution is 2.12. The Balaban J connectivity index is 1.90. The molecule has 0 atom stereocenters. The molecule has 20 heavy (non-hydrogen) atoms. The fraction of sp³-hybridized carbons (Fsp3) is 0.500. The molecule has 0 amide bonds. The van der Waals surface area contributed by atoms with Crippen molar-refractivity contribution < 1.29 is 17.5 Å². The molecule has 0 fully saturated rings. The zero-order valence-electron chi connectivity index (χ0n) is 11.6. The van der Waals surface area contributed by atoms with Crippen LogP contribution in [0.25, 0.3) is 0 Å². The Labute approximate surface area is 117 Å². The second-order valence-electron chi connectivity index (χ2n) is 4.64. The minimum absolute atomic E-state index is 0.189. The first-order chi connectivity index (χ1) is 9.37. The van der Waals surface area contributed by atoms with Gasteiger partial charge in [-0.25, -0.2) is 13.1 Å². The number of nitrogens with zero attached hydrogens (tertiary/aromatic N) is 2. The van der Waals surface area contributed by atoms with Gasteiger partial charge in [0.05, 0.1) is 5.69 Å². The Morgan fingerprint density at radius 3 is 2.50 bits per heavy atom. The third-order valence-electron chi connectivity index (χ3n) is 2.89. The molecule has 2 heterocycles. The molecule has 0 aliphatic heterocycles. The normalized spacial score (nSPS) is 11.9. The Morgan fingerprint density at radius 1 is 1.20 bits per heavy atom. The molecule has 0 saturated heterocycles. The van der Waals surface area contributed by atoms with Gasteiger partial charge >= 0.3 is 0 Å². The number of aromatic nitrogens is 2. The average Bonchev–Trinajstić information content (AvgIpc) is 2.88. The summed E-state index contributed by atoms with van der Waals surface area (Å²) in [4.78, 5) is 0. The van der Waals surface area contributed by atoms with Gasteiger partial charge in [-0.2, -0.15) is 0 Å². The molecule has 7 nitrogen and oxygen atoms in total. The van der Waals surface area contributed by atoms with Crippen LogP contribution in [0.15, 0.2) is 15.1 Å². The van der Waals surface area contributed by atoms with Gasteiger partial charge in [-0.05, 0) is 27.2 Å². The van der Waals surface area contributed by atoms with Crippen molar-refractivity contribution in [2.24, 2.45) is 0 Å². The van der Waals surface area contributed by atoms with E-state index in [0.717, 1.165) is 11.3 Å². The second-order valence-corrected chi connectivity index (χ2v) is 6.44. The lowest BCUT2D eigenvalue weighted by Gasteiger charge is -2.04. The van der Waals surface area contributed by atoms with Crippen LogP contribution in [0.3, 0.4) is 0 Å². The second kappa shape index (κ2) is 5.76. The number of nitrogens with one attached hydrogen (secondary N) is 1. The summed E-state index contributed by atoms with van der Waals surface area (Å²) in [5, 5.41) is 7.50. The van der Waals surface area contributed by atoms with Gasteiger partial charge in [-0.15, -0.1) is 0 Å². The van der Waals surface area contributed by atoms with Crippen molar-refractivity contribution in [3.05, 3.63) is 34.5 Å². The molecule has 2 aromatic heterocycles. The number of rotatable bonds is 6. The molecule has 2 rings (SSSR count). The predicted molar refractivity (Wildman–Crippen MR) is 71.5 cm³/mol. The lowest BCUT2D eigenvalue weighted by molar-refractivity contribution is 0.392. The lowest BCUT2D eigenvalue weighted by atomic mass is 10.1. The van der Waals surface area contributed by atoms with E-state index in [1.807, 2.05) is 13.8 Å². The molecule has 0 bridgehead atoms. The Morgan fingerprint density at radius 2 is 1.95 bits per heavy atom. The number of aryl methyl sites for hydroxylation is 3. The van der Waals surface area contributed by atoms with Crippen LogP contribution in [0.4, 0.5) is 0 Å². The summed E-state index contributed by atoms with van der Waals surface area (Å²) in [7, 11) is -3.42. The minimum atomic E-state index is -3.42. The largest absolute Gasteiger partial charge is 0.361 e. The van der Waals surface area contributed by atoms with Crippen molar-refractivity contribution in [3.63, 3.8) is 0 Å². The quantitative estimate of drug-likeness (QED) is 0.862. The first-order valence-electron chi connectivity index (χ1n) is 6.18. The molecule has 0 aromatic carbocycles. The monoisotopic (exact) mass is 299 g/mol. The third-order valence-corrected chi connectivity index (χ3v) is 4.21. The average molecular weight is 299 g/mol. The summed E-state index contributed by atoms with van der Waals surface area (Å²) < 4.78 is 36.2. The van der Waals surface area contributed by atoms with E-state index in [1.165, 1.54) is 0 Å². The van der Waals surface area contributed by atoms with E-state index >= 15 is 0 Å². The van der Waals surface area contributed by atoms with Gasteiger partial charge in [0, 0.05) is 18.2 Å². The van der Waals surface area contributed by atoms with Gasteiger partial charge in [0.15, 0.2) is 0 Å². The van der Waals surface area contributed by atoms with Crippen LogP contribution in [0, 0.1) is 20.8 Å². The van der Waals surface area contributed by atoms with Gasteiger partial charge in [0.25, 0.3) is 0 Å². The summed E-state index contributed by atoms with van der Waals surface area (Å²) in [5.74, 6) is 1.12. The van der Waals surface area contributed by atoms with Crippen molar-refractivity contribution >= 4 is 10.0 Å². The molecule has 0 aliphatic rings. The number of hydrogen-bond donors (Lipinski definition) is 1. The van der Waals surface area contributed by atoms with E-state index in [0.29, 0.717) is 30.2 Å². The van der Waals surface area contributed by atoms with Crippen molar-refractivity contribution in [3.8, 4) is 0 Å². The standard InChI is InChI=1S/C12H17N3O4S/c1-8-6-11(15-18-8)7-20(16,17)13-5-4-12-9(2)14-19-10(12)3/h6,13H,4-5,7H2,1-3H3. The lowest BCUT2D eigenvalue weighted by Crippen LogP contribution is -2.27. The zero-order chi connectivity index (χ0) is 14.8. The molecular formula is C12H17N3O4S. The van der Waals surface area contributed by atoms with Crippen LogP contribution in [0.2, 0.25) is 0 Å². The number of hydrogen-bond acceptors (Lipinski definition) is 6. The van der Waals surface area contributed by atoms with E-state index in [2.05, 4.69) is 15.0 Å². The zero-order valence-corrected chi connectivity index (χ0v) is 12.5. The molecule has 110 valence electrons. The summed E-state index contributed by atoms with van der Waals surface area (Å²) >= 11 is 0. The molecule has 0 aliphatic carbocycles. The van der Waals surface area contributed by atoms with E-state index in [-0.39, 0.29) is 5.75 Å². The van der Waals surface area contributed by atoms with Crippen molar-refractivity contribution in [2.45, 2.75) is 32.9 Å². The highest BCUT2D eigenvalue weighted by atomic mass is 32.2. The highest BCUT2D eigenvalue weighted by Gasteiger charge is 2.15. The summed E-state index contributed by atoms with van der Waals surface area (Å²) in [6.07, 6.45) is 0.540. The van der Waals surface area contributed by atoms with Gasteiger partial charge in [-0.3, -0.25) is 0 Å². The fourth-order valence-electron chi connectivity index (χ4n) is 1.92. The Bertz CT molecular complexity index is 668. The SMILES string of the molecule is Cc1cc(CS(=O)(=O)NCCc2c(C)noc2C)no1. The summed E-state index contributed by atoms with van der Waals surface area (Å²) in [6.45, 7) is 5.65. The molecule has 8 heteroatoms. The molecule has 0 saturated carbocycles. The van der Waals surface area contributed by atoms with Gasteiger partial charge in [-0.1, -0.05) is 10.3 Å². The van der Waals surface area contributed by atoms with Crippen LogP contribution >= 0.6 is 0 Å². The molecular weight excluding hydrogens is 282 g/mol. The Hall–Kier alpha value is -1.67. The number of sulfonamides is 1. The van der Waals surface area contributed by atoms with Crippen LogP contribution < -0.4 is 4.72 Å².